The molecular formula is C23H21FN6O5. The van der Waals surface area contributed by atoms with Gasteiger partial charge < -0.3 is 25.8 Å². The average molecular weight is 480 g/mol. The first-order valence-corrected chi connectivity index (χ1v) is 10.6. The lowest BCUT2D eigenvalue weighted by molar-refractivity contribution is -0.117. The minimum absolute atomic E-state index is 0.0251. The van der Waals surface area contributed by atoms with Crippen LogP contribution in [0.4, 0.5) is 21.6 Å². The number of carbonyl (C=O) groups excluding carboxylic acids is 2. The van der Waals surface area contributed by atoms with Crippen molar-refractivity contribution >= 4 is 35.0 Å². The zero-order chi connectivity index (χ0) is 25.1. The van der Waals surface area contributed by atoms with Crippen molar-refractivity contribution in [1.82, 2.24) is 20.5 Å². The molecule has 4 rings (SSSR count). The first kappa shape index (κ1) is 23.5. The molecule has 1 aliphatic carbocycles. The highest BCUT2D eigenvalue weighted by Gasteiger charge is 2.30. The first-order valence-electron chi connectivity index (χ1n) is 10.6. The highest BCUT2D eigenvalue weighted by molar-refractivity contribution is 6.00. The summed E-state index contributed by atoms with van der Waals surface area (Å²) in [5, 5.41) is 25.2. The SMILES string of the molecule is CNC(=O)c1nnc(NC(=O)C2CC2)cc1Nc1cccc(-c2cnc(C(=O)O)c(F)c2)c1OC. The van der Waals surface area contributed by atoms with E-state index >= 15 is 0 Å². The van der Waals surface area contributed by atoms with E-state index in [-0.39, 0.29) is 40.3 Å². The lowest BCUT2D eigenvalue weighted by atomic mass is 10.0. The van der Waals surface area contributed by atoms with Crippen LogP contribution in [0.5, 0.6) is 5.75 Å². The molecule has 1 aromatic carbocycles. The van der Waals surface area contributed by atoms with E-state index in [4.69, 9.17) is 9.84 Å². The fraction of sp³-hybridized carbons (Fsp3) is 0.217. The molecule has 11 nitrogen and oxygen atoms in total. The van der Waals surface area contributed by atoms with Crippen molar-refractivity contribution < 1.29 is 28.6 Å². The summed E-state index contributed by atoms with van der Waals surface area (Å²) in [6.45, 7) is 0. The standard InChI is InChI=1S/C23H21FN6O5/c1-25-22(32)19-16(9-17(29-30-19)28-21(31)11-6-7-11)27-15-5-3-4-13(20(15)35-2)12-8-14(24)18(23(33)34)26-10-12/h3-5,8-11H,6-7H2,1-2H3,(H,25,32)(H,33,34)(H2,27,28,29,31). The number of hydrogen-bond acceptors (Lipinski definition) is 8. The van der Waals surface area contributed by atoms with E-state index in [0.29, 0.717) is 11.3 Å². The van der Waals surface area contributed by atoms with Crippen LogP contribution in [0, 0.1) is 11.7 Å². The summed E-state index contributed by atoms with van der Waals surface area (Å²) >= 11 is 0. The summed E-state index contributed by atoms with van der Waals surface area (Å²) in [5.74, 6) is -2.75. The quantitative estimate of drug-likeness (QED) is 0.381. The molecule has 0 bridgehead atoms. The van der Waals surface area contributed by atoms with Gasteiger partial charge in [-0.15, -0.1) is 10.2 Å². The lowest BCUT2D eigenvalue weighted by Crippen LogP contribution is -2.22. The number of carboxylic acids is 1. The molecule has 0 spiro atoms. The highest BCUT2D eigenvalue weighted by Crippen LogP contribution is 2.38. The molecule has 180 valence electrons. The van der Waals surface area contributed by atoms with Gasteiger partial charge in [-0.2, -0.15) is 0 Å². The number of ether oxygens (including phenoxy) is 1. The molecule has 0 aliphatic heterocycles. The topological polar surface area (TPSA) is 155 Å². The number of nitrogens with one attached hydrogen (secondary N) is 3. The number of anilines is 3. The first-order chi connectivity index (χ1) is 16.8. The number of pyridine rings is 1. The van der Waals surface area contributed by atoms with Gasteiger partial charge >= 0.3 is 5.97 Å². The fourth-order valence-corrected chi connectivity index (χ4v) is 3.38. The molecule has 1 fully saturated rings. The summed E-state index contributed by atoms with van der Waals surface area (Å²) in [5.41, 5.74) is 0.622. The summed E-state index contributed by atoms with van der Waals surface area (Å²) in [6, 6.07) is 7.49. The number of para-hydroxylation sites is 1. The van der Waals surface area contributed by atoms with Gasteiger partial charge in [0, 0.05) is 36.4 Å². The van der Waals surface area contributed by atoms with Gasteiger partial charge in [0.1, 0.15) is 5.75 Å². The van der Waals surface area contributed by atoms with E-state index in [0.717, 1.165) is 18.9 Å². The summed E-state index contributed by atoms with van der Waals surface area (Å²) in [6.07, 6.45) is 2.85. The molecule has 0 unspecified atom stereocenters. The highest BCUT2D eigenvalue weighted by atomic mass is 19.1. The van der Waals surface area contributed by atoms with Crippen LogP contribution in [0.15, 0.2) is 36.5 Å². The molecule has 4 N–H and O–H groups in total. The Labute approximate surface area is 198 Å². The molecule has 0 radical (unpaired) electrons. The van der Waals surface area contributed by atoms with Gasteiger partial charge in [-0.3, -0.25) is 9.59 Å². The zero-order valence-electron chi connectivity index (χ0n) is 18.8. The lowest BCUT2D eigenvalue weighted by Gasteiger charge is -2.17. The molecule has 2 aromatic heterocycles. The second-order valence-corrected chi connectivity index (χ2v) is 7.71. The Kier molecular flexibility index (Phi) is 6.53. The van der Waals surface area contributed by atoms with Crippen LogP contribution in [0.1, 0.15) is 33.8 Å². The zero-order valence-corrected chi connectivity index (χ0v) is 18.8. The third kappa shape index (κ3) is 5.00. The van der Waals surface area contributed by atoms with Crippen molar-refractivity contribution in [3.8, 4) is 16.9 Å². The predicted octanol–water partition coefficient (Wildman–Crippen LogP) is 2.84. The van der Waals surface area contributed by atoms with E-state index < -0.39 is 23.4 Å². The van der Waals surface area contributed by atoms with Gasteiger partial charge in [-0.05, 0) is 25.0 Å². The fourth-order valence-electron chi connectivity index (χ4n) is 3.38. The second-order valence-electron chi connectivity index (χ2n) is 7.71. The number of methoxy groups -OCH3 is 1. The summed E-state index contributed by atoms with van der Waals surface area (Å²) in [4.78, 5) is 39.3. The molecule has 35 heavy (non-hydrogen) atoms. The largest absolute Gasteiger partial charge is 0.494 e. The third-order valence-electron chi connectivity index (χ3n) is 5.28. The predicted molar refractivity (Wildman–Crippen MR) is 123 cm³/mol. The van der Waals surface area contributed by atoms with Gasteiger partial charge in [0.2, 0.25) is 5.91 Å². The average Bonchev–Trinajstić information content (AvgIpc) is 3.69. The van der Waals surface area contributed by atoms with Crippen molar-refractivity contribution in [1.29, 1.82) is 0 Å². The number of hydrogen-bond donors (Lipinski definition) is 4. The number of aromatic carboxylic acids is 1. The Morgan fingerprint density at radius 1 is 1.11 bits per heavy atom. The van der Waals surface area contributed by atoms with Crippen LogP contribution in [-0.2, 0) is 4.79 Å². The number of rotatable bonds is 8. The molecule has 1 aliphatic rings. The maximum absolute atomic E-state index is 14.3. The van der Waals surface area contributed by atoms with E-state index in [9.17, 15) is 18.8 Å². The van der Waals surface area contributed by atoms with E-state index in [1.807, 2.05) is 0 Å². The Morgan fingerprint density at radius 3 is 2.51 bits per heavy atom. The Morgan fingerprint density at radius 2 is 1.89 bits per heavy atom. The van der Waals surface area contributed by atoms with Crippen molar-refractivity contribution in [2.45, 2.75) is 12.8 Å². The second kappa shape index (κ2) is 9.71. The van der Waals surface area contributed by atoms with Gasteiger partial charge in [0.25, 0.3) is 5.91 Å². The maximum Gasteiger partial charge on any atom is 0.357 e. The van der Waals surface area contributed by atoms with Gasteiger partial charge in [0.15, 0.2) is 23.0 Å². The molecule has 0 saturated heterocycles. The molecule has 1 saturated carbocycles. The number of halogens is 1. The summed E-state index contributed by atoms with van der Waals surface area (Å²) in [7, 11) is 2.85. The van der Waals surface area contributed by atoms with Crippen molar-refractivity contribution in [3.05, 3.63) is 53.7 Å². The minimum Gasteiger partial charge on any atom is -0.494 e. The van der Waals surface area contributed by atoms with Crippen LogP contribution in [0.25, 0.3) is 11.1 Å². The Balaban J connectivity index is 1.73. The van der Waals surface area contributed by atoms with E-state index in [1.54, 1.807) is 18.2 Å². The van der Waals surface area contributed by atoms with Crippen LogP contribution in [0.2, 0.25) is 0 Å². The third-order valence-corrected chi connectivity index (χ3v) is 5.28. The van der Waals surface area contributed by atoms with Gasteiger partial charge in [-0.1, -0.05) is 12.1 Å². The molecule has 2 amide bonds. The molecule has 3 aromatic rings. The number of carbonyl (C=O) groups is 3. The monoisotopic (exact) mass is 480 g/mol. The number of amides is 2. The number of carboxylic acid groups (broad SMARTS) is 1. The maximum atomic E-state index is 14.3. The Hall–Kier alpha value is -4.61. The number of aromatic nitrogens is 3. The van der Waals surface area contributed by atoms with E-state index in [2.05, 4.69) is 31.1 Å². The van der Waals surface area contributed by atoms with Crippen molar-refractivity contribution in [2.24, 2.45) is 5.92 Å². The molecular weight excluding hydrogens is 459 g/mol. The van der Waals surface area contributed by atoms with Crippen molar-refractivity contribution in [2.75, 3.05) is 24.8 Å². The Bertz CT molecular complexity index is 1330. The van der Waals surface area contributed by atoms with Gasteiger partial charge in [-0.25, -0.2) is 14.2 Å². The molecule has 12 heteroatoms. The van der Waals surface area contributed by atoms with Crippen LogP contribution in [0.3, 0.4) is 0 Å². The van der Waals surface area contributed by atoms with Crippen LogP contribution < -0.4 is 20.7 Å². The normalized spacial score (nSPS) is 12.5. The van der Waals surface area contributed by atoms with E-state index in [1.165, 1.54) is 26.4 Å². The minimum atomic E-state index is -1.48. The van der Waals surface area contributed by atoms with Crippen LogP contribution >= 0.6 is 0 Å². The van der Waals surface area contributed by atoms with Crippen molar-refractivity contribution in [3.63, 3.8) is 0 Å². The van der Waals surface area contributed by atoms with Gasteiger partial charge in [0.05, 0.1) is 18.5 Å². The summed E-state index contributed by atoms with van der Waals surface area (Å²) < 4.78 is 19.8. The molecule has 2 heterocycles. The number of benzene rings is 1. The number of nitrogens with zero attached hydrogens (tertiary/aromatic N) is 3. The molecule has 0 atom stereocenters. The smallest absolute Gasteiger partial charge is 0.357 e. The van der Waals surface area contributed by atoms with Crippen LogP contribution in [-0.4, -0.2) is 52.2 Å².